The summed E-state index contributed by atoms with van der Waals surface area (Å²) in [7, 11) is 0. The Kier molecular flexibility index (Phi) is 4.05. The Morgan fingerprint density at radius 3 is 2.36 bits per heavy atom. The van der Waals surface area contributed by atoms with Crippen LogP contribution in [-0.2, 0) is 10.2 Å². The first-order valence-electron chi connectivity index (χ1n) is 7.93. The highest BCUT2D eigenvalue weighted by Gasteiger charge is 2.43. The average Bonchev–Trinajstić information content (AvgIpc) is 3.37. The van der Waals surface area contributed by atoms with Gasteiger partial charge in [0.2, 0.25) is 5.91 Å². The highest BCUT2D eigenvalue weighted by molar-refractivity contribution is 5.88. The largest absolute Gasteiger partial charge is 0.465 e. The first kappa shape index (κ1) is 14.9. The van der Waals surface area contributed by atoms with Crippen LogP contribution in [0.5, 0.6) is 0 Å². The highest BCUT2D eigenvalue weighted by Crippen LogP contribution is 2.36. The number of carbonyl (C=O) groups is 2. The fourth-order valence-electron chi connectivity index (χ4n) is 3.21. The predicted molar refractivity (Wildman–Crippen MR) is 82.7 cm³/mol. The molecule has 0 aromatic heterocycles. The molecule has 22 heavy (non-hydrogen) atoms. The van der Waals surface area contributed by atoms with E-state index < -0.39 is 11.5 Å². The molecule has 1 aromatic carbocycles. The summed E-state index contributed by atoms with van der Waals surface area (Å²) in [6.45, 7) is 1.55. The molecule has 0 atom stereocenters. The van der Waals surface area contributed by atoms with Crippen LogP contribution in [0, 0.1) is 5.92 Å². The second-order valence-electron chi connectivity index (χ2n) is 6.37. The second kappa shape index (κ2) is 5.99. The Balaban J connectivity index is 1.79. The van der Waals surface area contributed by atoms with E-state index in [0.29, 0.717) is 31.8 Å². The van der Waals surface area contributed by atoms with E-state index in [1.165, 1.54) is 17.7 Å². The normalized spacial score (nSPS) is 20.5. The van der Waals surface area contributed by atoms with Crippen LogP contribution < -0.4 is 5.32 Å². The van der Waals surface area contributed by atoms with Crippen molar-refractivity contribution in [3.05, 3.63) is 35.9 Å². The van der Waals surface area contributed by atoms with Crippen LogP contribution in [0.2, 0.25) is 0 Å². The van der Waals surface area contributed by atoms with E-state index in [1.54, 1.807) is 0 Å². The second-order valence-corrected chi connectivity index (χ2v) is 6.37. The lowest BCUT2D eigenvalue weighted by Crippen LogP contribution is -2.52. The van der Waals surface area contributed by atoms with Crippen molar-refractivity contribution in [2.45, 2.75) is 31.1 Å². The Bertz CT molecular complexity index is 546. The van der Waals surface area contributed by atoms with E-state index in [1.807, 2.05) is 30.3 Å². The van der Waals surface area contributed by atoms with Gasteiger partial charge in [-0.15, -0.1) is 0 Å². The molecule has 2 N–H and O–H groups in total. The molecule has 2 fully saturated rings. The van der Waals surface area contributed by atoms with Crippen molar-refractivity contribution in [1.82, 2.24) is 10.2 Å². The summed E-state index contributed by atoms with van der Waals surface area (Å²) >= 11 is 0. The van der Waals surface area contributed by atoms with Gasteiger partial charge in [-0.3, -0.25) is 4.79 Å². The van der Waals surface area contributed by atoms with Crippen LogP contribution in [0.1, 0.15) is 31.2 Å². The van der Waals surface area contributed by atoms with E-state index in [2.05, 4.69) is 5.32 Å². The summed E-state index contributed by atoms with van der Waals surface area (Å²) in [5.74, 6) is 0.687. The molecular formula is C17H22N2O3. The lowest BCUT2D eigenvalue weighted by molar-refractivity contribution is -0.128. The molecule has 2 amide bonds. The maximum absolute atomic E-state index is 12.9. The van der Waals surface area contributed by atoms with Crippen molar-refractivity contribution in [1.29, 1.82) is 0 Å². The van der Waals surface area contributed by atoms with Gasteiger partial charge in [0, 0.05) is 19.6 Å². The van der Waals surface area contributed by atoms with Gasteiger partial charge in [0.25, 0.3) is 0 Å². The van der Waals surface area contributed by atoms with Gasteiger partial charge in [0.15, 0.2) is 0 Å². The number of piperidine rings is 1. The molecule has 2 aliphatic rings. The van der Waals surface area contributed by atoms with Crippen LogP contribution in [0.3, 0.4) is 0 Å². The van der Waals surface area contributed by atoms with Crippen molar-refractivity contribution in [2.24, 2.45) is 5.92 Å². The molecule has 1 aliphatic heterocycles. The van der Waals surface area contributed by atoms with E-state index in [0.717, 1.165) is 12.1 Å². The van der Waals surface area contributed by atoms with Crippen molar-refractivity contribution in [3.63, 3.8) is 0 Å². The lowest BCUT2D eigenvalue weighted by atomic mass is 9.72. The standard InChI is InChI=1S/C17H22N2O3/c20-15(18-12-13-6-7-13)17(14-4-2-1-3-5-14)8-10-19(11-9-17)16(21)22/h1-5,13H,6-12H2,(H,18,20)(H,21,22). The number of carboxylic acid groups (broad SMARTS) is 1. The predicted octanol–water partition coefficient (Wildman–Crippen LogP) is 2.22. The third-order valence-electron chi connectivity index (χ3n) is 4.90. The van der Waals surface area contributed by atoms with Gasteiger partial charge in [0.05, 0.1) is 5.41 Å². The summed E-state index contributed by atoms with van der Waals surface area (Å²) in [5, 5.41) is 12.2. The zero-order chi connectivity index (χ0) is 15.6. The Morgan fingerprint density at radius 2 is 1.82 bits per heavy atom. The van der Waals surface area contributed by atoms with Gasteiger partial charge in [-0.25, -0.2) is 4.79 Å². The van der Waals surface area contributed by atoms with Crippen molar-refractivity contribution < 1.29 is 14.7 Å². The van der Waals surface area contributed by atoms with Gasteiger partial charge in [-0.05, 0) is 37.2 Å². The highest BCUT2D eigenvalue weighted by atomic mass is 16.4. The summed E-state index contributed by atoms with van der Waals surface area (Å²) in [4.78, 5) is 25.4. The number of benzene rings is 1. The van der Waals surface area contributed by atoms with Crippen molar-refractivity contribution in [2.75, 3.05) is 19.6 Å². The van der Waals surface area contributed by atoms with E-state index >= 15 is 0 Å². The van der Waals surface area contributed by atoms with Gasteiger partial charge in [0.1, 0.15) is 0 Å². The fraction of sp³-hybridized carbons (Fsp3) is 0.529. The van der Waals surface area contributed by atoms with E-state index in [4.69, 9.17) is 5.11 Å². The zero-order valence-corrected chi connectivity index (χ0v) is 12.6. The van der Waals surface area contributed by atoms with Crippen LogP contribution in [0.4, 0.5) is 4.79 Å². The number of nitrogens with one attached hydrogen (secondary N) is 1. The minimum absolute atomic E-state index is 0.0515. The molecule has 1 aromatic rings. The topological polar surface area (TPSA) is 69.6 Å². The number of amides is 2. The van der Waals surface area contributed by atoms with E-state index in [9.17, 15) is 9.59 Å². The molecule has 1 aliphatic carbocycles. The molecule has 0 radical (unpaired) electrons. The molecule has 5 nitrogen and oxygen atoms in total. The molecule has 1 saturated heterocycles. The number of nitrogens with zero attached hydrogens (tertiary/aromatic N) is 1. The fourth-order valence-corrected chi connectivity index (χ4v) is 3.21. The number of likely N-dealkylation sites (tertiary alicyclic amines) is 1. The Morgan fingerprint density at radius 1 is 1.18 bits per heavy atom. The Labute approximate surface area is 130 Å². The van der Waals surface area contributed by atoms with Gasteiger partial charge in [-0.1, -0.05) is 30.3 Å². The van der Waals surface area contributed by atoms with E-state index in [-0.39, 0.29) is 5.91 Å². The number of rotatable bonds is 4. The monoisotopic (exact) mass is 302 g/mol. The molecule has 3 rings (SSSR count). The summed E-state index contributed by atoms with van der Waals surface area (Å²) < 4.78 is 0. The molecule has 0 spiro atoms. The minimum Gasteiger partial charge on any atom is -0.465 e. The molecule has 0 unspecified atom stereocenters. The Hall–Kier alpha value is -2.04. The molecule has 1 saturated carbocycles. The maximum Gasteiger partial charge on any atom is 0.407 e. The number of hydrogen-bond acceptors (Lipinski definition) is 2. The molecule has 118 valence electrons. The minimum atomic E-state index is -0.903. The number of hydrogen-bond donors (Lipinski definition) is 2. The van der Waals surface area contributed by atoms with Gasteiger partial charge in [-0.2, -0.15) is 0 Å². The smallest absolute Gasteiger partial charge is 0.407 e. The van der Waals surface area contributed by atoms with Crippen LogP contribution in [-0.4, -0.2) is 41.6 Å². The SMILES string of the molecule is O=C(O)N1CCC(C(=O)NCC2CC2)(c2ccccc2)CC1. The lowest BCUT2D eigenvalue weighted by Gasteiger charge is -2.40. The third-order valence-corrected chi connectivity index (χ3v) is 4.90. The van der Waals surface area contributed by atoms with Crippen LogP contribution in [0.25, 0.3) is 0 Å². The molecule has 5 heteroatoms. The average molecular weight is 302 g/mol. The summed E-state index contributed by atoms with van der Waals surface area (Å²) in [6.07, 6.45) is 2.58. The van der Waals surface area contributed by atoms with Crippen molar-refractivity contribution >= 4 is 12.0 Å². The summed E-state index contributed by atoms with van der Waals surface area (Å²) in [6, 6.07) is 9.77. The van der Waals surface area contributed by atoms with Crippen LogP contribution >= 0.6 is 0 Å². The van der Waals surface area contributed by atoms with Crippen LogP contribution in [0.15, 0.2) is 30.3 Å². The maximum atomic E-state index is 12.9. The quantitative estimate of drug-likeness (QED) is 0.896. The molecule has 0 bridgehead atoms. The van der Waals surface area contributed by atoms with Crippen molar-refractivity contribution in [3.8, 4) is 0 Å². The molecular weight excluding hydrogens is 280 g/mol. The zero-order valence-electron chi connectivity index (χ0n) is 12.6. The van der Waals surface area contributed by atoms with Gasteiger partial charge >= 0.3 is 6.09 Å². The first-order chi connectivity index (χ1) is 10.6. The molecule has 1 heterocycles. The van der Waals surface area contributed by atoms with Gasteiger partial charge < -0.3 is 15.3 Å². The number of carbonyl (C=O) groups excluding carboxylic acids is 1. The summed E-state index contributed by atoms with van der Waals surface area (Å²) in [5.41, 5.74) is 0.399. The first-order valence-corrected chi connectivity index (χ1v) is 7.93. The third kappa shape index (κ3) is 2.93.